The molecule has 0 atom stereocenters. The molecule has 110 valence electrons. The molecule has 0 aliphatic heterocycles. The number of aromatic nitrogens is 2. The summed E-state index contributed by atoms with van der Waals surface area (Å²) in [6.45, 7) is 1.91. The number of nitrogens with zero attached hydrogens (tertiary/aromatic N) is 2. The van der Waals surface area contributed by atoms with Gasteiger partial charge in [-0.25, -0.2) is 4.79 Å². The van der Waals surface area contributed by atoms with Crippen LogP contribution in [-0.4, -0.2) is 16.7 Å². The van der Waals surface area contributed by atoms with Crippen molar-refractivity contribution in [3.8, 4) is 22.7 Å². The molecule has 0 fully saturated rings. The van der Waals surface area contributed by atoms with Gasteiger partial charge < -0.3 is 4.74 Å². The zero-order chi connectivity index (χ0) is 15.5. The van der Waals surface area contributed by atoms with Crippen LogP contribution in [-0.2, 0) is 0 Å². The number of aryl methyl sites for hydroxylation is 1. The smallest absolute Gasteiger partial charge is 0.352 e. The van der Waals surface area contributed by atoms with Crippen LogP contribution in [0.15, 0.2) is 65.5 Å². The Labute approximate surface area is 128 Å². The highest BCUT2D eigenvalue weighted by molar-refractivity contribution is 5.60. The molecule has 3 aromatic rings. The Hall–Kier alpha value is -2.88. The molecule has 4 nitrogen and oxygen atoms in total. The molecule has 0 aliphatic rings. The average Bonchev–Trinajstić information content (AvgIpc) is 2.55. The minimum atomic E-state index is -0.281. The van der Waals surface area contributed by atoms with Gasteiger partial charge in [0.15, 0.2) is 0 Å². The maximum atomic E-state index is 12.4. The molecule has 0 unspecified atom stereocenters. The predicted octanol–water partition coefficient (Wildman–Crippen LogP) is 3.22. The molecule has 0 bridgehead atoms. The Morgan fingerprint density at radius 2 is 1.68 bits per heavy atom. The third-order valence-corrected chi connectivity index (χ3v) is 3.51. The standard InChI is InChI=1S/C18H16N2O2/c1-13-12-17(14-8-10-16(22-2)11-9-14)19-18(21)20(13)15-6-4-3-5-7-15/h3-12H,1-2H3. The van der Waals surface area contributed by atoms with E-state index < -0.39 is 0 Å². The van der Waals surface area contributed by atoms with Crippen LogP contribution in [0, 0.1) is 6.92 Å². The molecule has 0 amide bonds. The van der Waals surface area contributed by atoms with Crippen molar-refractivity contribution in [2.24, 2.45) is 0 Å². The second-order valence-electron chi connectivity index (χ2n) is 4.96. The van der Waals surface area contributed by atoms with Crippen LogP contribution in [0.25, 0.3) is 16.9 Å². The highest BCUT2D eigenvalue weighted by Crippen LogP contribution is 2.21. The number of ether oxygens (including phenoxy) is 1. The number of methoxy groups -OCH3 is 1. The second kappa shape index (κ2) is 5.85. The summed E-state index contributed by atoms with van der Waals surface area (Å²) in [5.41, 5.74) is 2.94. The zero-order valence-corrected chi connectivity index (χ0v) is 12.5. The van der Waals surface area contributed by atoms with Crippen LogP contribution in [0.4, 0.5) is 0 Å². The van der Waals surface area contributed by atoms with Crippen molar-refractivity contribution in [1.29, 1.82) is 0 Å². The molecule has 1 heterocycles. The summed E-state index contributed by atoms with van der Waals surface area (Å²) in [5.74, 6) is 0.776. The molecular weight excluding hydrogens is 276 g/mol. The van der Waals surface area contributed by atoms with Gasteiger partial charge in [0, 0.05) is 11.3 Å². The van der Waals surface area contributed by atoms with E-state index >= 15 is 0 Å². The van der Waals surface area contributed by atoms with Crippen molar-refractivity contribution >= 4 is 0 Å². The van der Waals surface area contributed by atoms with Gasteiger partial charge in [-0.2, -0.15) is 4.98 Å². The van der Waals surface area contributed by atoms with Gasteiger partial charge >= 0.3 is 5.69 Å². The summed E-state index contributed by atoms with van der Waals surface area (Å²) < 4.78 is 6.75. The summed E-state index contributed by atoms with van der Waals surface area (Å²) in [7, 11) is 1.62. The number of hydrogen-bond donors (Lipinski definition) is 0. The molecule has 0 aliphatic carbocycles. The van der Waals surface area contributed by atoms with Crippen molar-refractivity contribution in [2.45, 2.75) is 6.92 Å². The summed E-state index contributed by atoms with van der Waals surface area (Å²) in [6, 6.07) is 18.9. The van der Waals surface area contributed by atoms with Gasteiger partial charge in [0.05, 0.1) is 18.5 Å². The number of benzene rings is 2. The first kappa shape index (κ1) is 14.1. The fourth-order valence-corrected chi connectivity index (χ4v) is 2.40. The average molecular weight is 292 g/mol. The lowest BCUT2D eigenvalue weighted by Gasteiger charge is -2.11. The molecule has 0 saturated heterocycles. The monoisotopic (exact) mass is 292 g/mol. The predicted molar refractivity (Wildman–Crippen MR) is 86.6 cm³/mol. The lowest BCUT2D eigenvalue weighted by molar-refractivity contribution is 0.415. The van der Waals surface area contributed by atoms with E-state index in [1.54, 1.807) is 11.7 Å². The number of rotatable bonds is 3. The maximum absolute atomic E-state index is 12.4. The molecule has 0 saturated carbocycles. The van der Waals surface area contributed by atoms with Crippen molar-refractivity contribution in [2.75, 3.05) is 7.11 Å². The first-order valence-corrected chi connectivity index (χ1v) is 6.99. The lowest BCUT2D eigenvalue weighted by atomic mass is 10.1. The van der Waals surface area contributed by atoms with Crippen LogP contribution in [0.1, 0.15) is 5.69 Å². The van der Waals surface area contributed by atoms with Gasteiger partial charge in [-0.3, -0.25) is 4.57 Å². The van der Waals surface area contributed by atoms with E-state index in [-0.39, 0.29) is 5.69 Å². The van der Waals surface area contributed by atoms with Gasteiger partial charge in [-0.05, 0) is 49.4 Å². The topological polar surface area (TPSA) is 44.1 Å². The summed E-state index contributed by atoms with van der Waals surface area (Å²) in [6.07, 6.45) is 0. The van der Waals surface area contributed by atoms with E-state index in [9.17, 15) is 4.79 Å². The maximum Gasteiger partial charge on any atom is 0.352 e. The van der Waals surface area contributed by atoms with Crippen molar-refractivity contribution in [3.05, 3.63) is 76.8 Å². The summed E-state index contributed by atoms with van der Waals surface area (Å²) in [4.78, 5) is 16.6. The molecule has 0 N–H and O–H groups in total. The third kappa shape index (κ3) is 2.63. The molecule has 0 spiro atoms. The highest BCUT2D eigenvalue weighted by atomic mass is 16.5. The van der Waals surface area contributed by atoms with E-state index in [1.807, 2.05) is 67.6 Å². The van der Waals surface area contributed by atoms with Crippen LogP contribution in [0.3, 0.4) is 0 Å². The van der Waals surface area contributed by atoms with Crippen LogP contribution < -0.4 is 10.4 Å². The van der Waals surface area contributed by atoms with E-state index in [1.165, 1.54) is 0 Å². The first-order valence-electron chi connectivity index (χ1n) is 6.99. The second-order valence-corrected chi connectivity index (χ2v) is 4.96. The number of para-hydroxylation sites is 1. The van der Waals surface area contributed by atoms with E-state index in [0.717, 1.165) is 22.7 Å². The minimum Gasteiger partial charge on any atom is -0.497 e. The van der Waals surface area contributed by atoms with Crippen LogP contribution in [0.5, 0.6) is 5.75 Å². The highest BCUT2D eigenvalue weighted by Gasteiger charge is 2.08. The molecule has 3 rings (SSSR count). The quantitative estimate of drug-likeness (QED) is 0.744. The minimum absolute atomic E-state index is 0.281. The zero-order valence-electron chi connectivity index (χ0n) is 12.5. The van der Waals surface area contributed by atoms with E-state index in [4.69, 9.17) is 4.74 Å². The fraction of sp³-hybridized carbons (Fsp3) is 0.111. The lowest BCUT2D eigenvalue weighted by Crippen LogP contribution is -2.23. The van der Waals surface area contributed by atoms with Crippen LogP contribution in [0.2, 0.25) is 0 Å². The van der Waals surface area contributed by atoms with Crippen molar-refractivity contribution in [1.82, 2.24) is 9.55 Å². The molecule has 1 aromatic heterocycles. The molecule has 0 radical (unpaired) electrons. The third-order valence-electron chi connectivity index (χ3n) is 3.51. The Balaban J connectivity index is 2.07. The first-order chi connectivity index (χ1) is 10.7. The van der Waals surface area contributed by atoms with Crippen molar-refractivity contribution in [3.63, 3.8) is 0 Å². The van der Waals surface area contributed by atoms with E-state index in [2.05, 4.69) is 4.98 Å². The Kier molecular flexibility index (Phi) is 3.74. The van der Waals surface area contributed by atoms with Crippen molar-refractivity contribution < 1.29 is 4.74 Å². The SMILES string of the molecule is COc1ccc(-c2cc(C)n(-c3ccccc3)c(=O)n2)cc1. The van der Waals surface area contributed by atoms with Crippen LogP contribution >= 0.6 is 0 Å². The molecule has 22 heavy (non-hydrogen) atoms. The molecule has 2 aromatic carbocycles. The largest absolute Gasteiger partial charge is 0.497 e. The number of hydrogen-bond acceptors (Lipinski definition) is 3. The van der Waals surface area contributed by atoms with Gasteiger partial charge in [0.1, 0.15) is 5.75 Å². The molecule has 4 heteroatoms. The van der Waals surface area contributed by atoms with Gasteiger partial charge in [0.2, 0.25) is 0 Å². The molecular formula is C18H16N2O2. The van der Waals surface area contributed by atoms with Gasteiger partial charge in [0.25, 0.3) is 0 Å². The Morgan fingerprint density at radius 3 is 2.27 bits per heavy atom. The van der Waals surface area contributed by atoms with Gasteiger partial charge in [-0.15, -0.1) is 0 Å². The summed E-state index contributed by atoms with van der Waals surface area (Å²) in [5, 5.41) is 0. The Bertz CT molecular complexity index is 837. The fourth-order valence-electron chi connectivity index (χ4n) is 2.40. The normalized spacial score (nSPS) is 10.5. The Morgan fingerprint density at radius 1 is 1.00 bits per heavy atom. The van der Waals surface area contributed by atoms with Gasteiger partial charge in [-0.1, -0.05) is 18.2 Å². The van der Waals surface area contributed by atoms with E-state index in [0.29, 0.717) is 5.69 Å². The summed E-state index contributed by atoms with van der Waals surface area (Å²) >= 11 is 0.